The average molecular weight is 288 g/mol. The van der Waals surface area contributed by atoms with Gasteiger partial charge in [-0.1, -0.05) is 18.2 Å². The van der Waals surface area contributed by atoms with E-state index in [1.54, 1.807) is 18.0 Å². The van der Waals surface area contributed by atoms with Gasteiger partial charge in [-0.3, -0.25) is 9.48 Å². The highest BCUT2D eigenvalue weighted by atomic mass is 16.5. The van der Waals surface area contributed by atoms with Gasteiger partial charge in [0, 0.05) is 19.3 Å². The number of hydrogen-bond donors (Lipinski definition) is 2. The molecule has 0 unspecified atom stereocenters. The first-order valence-corrected chi connectivity index (χ1v) is 6.88. The third-order valence-electron chi connectivity index (χ3n) is 3.20. The molecule has 2 rings (SSSR count). The van der Waals surface area contributed by atoms with Crippen molar-refractivity contribution in [2.45, 2.75) is 19.9 Å². The minimum Gasteiger partial charge on any atom is -0.496 e. The quantitative estimate of drug-likeness (QED) is 0.843. The van der Waals surface area contributed by atoms with Gasteiger partial charge in [-0.05, 0) is 25.0 Å². The lowest BCUT2D eigenvalue weighted by molar-refractivity contribution is 0.0949. The number of carbonyl (C=O) groups excluding carboxylic acids is 1. The summed E-state index contributed by atoms with van der Waals surface area (Å²) in [5.41, 5.74) is 7.50. The third-order valence-corrected chi connectivity index (χ3v) is 3.20. The predicted molar refractivity (Wildman–Crippen MR) is 81.3 cm³/mol. The lowest BCUT2D eigenvalue weighted by Crippen LogP contribution is -2.27. The van der Waals surface area contributed by atoms with E-state index < -0.39 is 0 Å². The summed E-state index contributed by atoms with van der Waals surface area (Å²) in [6, 6.07) is 7.74. The number of amides is 1. The fourth-order valence-electron chi connectivity index (χ4n) is 2.08. The molecule has 1 aromatic heterocycles. The zero-order chi connectivity index (χ0) is 15.2. The van der Waals surface area contributed by atoms with Crippen LogP contribution in [0.15, 0.2) is 30.5 Å². The Morgan fingerprint density at radius 1 is 1.43 bits per heavy atom. The van der Waals surface area contributed by atoms with E-state index >= 15 is 0 Å². The van der Waals surface area contributed by atoms with Crippen molar-refractivity contribution in [3.05, 3.63) is 41.7 Å². The topological polar surface area (TPSA) is 82.2 Å². The summed E-state index contributed by atoms with van der Waals surface area (Å²) < 4.78 is 6.92. The summed E-state index contributed by atoms with van der Waals surface area (Å²) in [5.74, 6) is 0.566. The molecule has 112 valence electrons. The number of methoxy groups -OCH3 is 1. The summed E-state index contributed by atoms with van der Waals surface area (Å²) in [6.45, 7) is 3.12. The number of aromatic nitrogens is 2. The smallest absolute Gasteiger partial charge is 0.273 e. The van der Waals surface area contributed by atoms with Crippen molar-refractivity contribution in [2.75, 3.05) is 19.4 Å². The van der Waals surface area contributed by atoms with E-state index in [4.69, 9.17) is 10.5 Å². The zero-order valence-corrected chi connectivity index (χ0v) is 12.3. The number of anilines is 1. The molecule has 0 saturated heterocycles. The number of nitrogens with two attached hydrogens (primary N) is 1. The number of aryl methyl sites for hydroxylation is 1. The van der Waals surface area contributed by atoms with E-state index in [9.17, 15) is 4.79 Å². The number of rotatable bonds is 6. The zero-order valence-electron chi connectivity index (χ0n) is 12.3. The van der Waals surface area contributed by atoms with Crippen LogP contribution < -0.4 is 15.8 Å². The maximum Gasteiger partial charge on any atom is 0.273 e. The summed E-state index contributed by atoms with van der Waals surface area (Å²) in [4.78, 5) is 12.0. The molecule has 0 spiro atoms. The molecule has 6 heteroatoms. The molecule has 0 saturated carbocycles. The van der Waals surface area contributed by atoms with Crippen LogP contribution in [0.4, 0.5) is 5.69 Å². The highest BCUT2D eigenvalue weighted by Gasteiger charge is 2.14. The van der Waals surface area contributed by atoms with Crippen molar-refractivity contribution in [1.82, 2.24) is 15.1 Å². The Balaban J connectivity index is 1.93. The van der Waals surface area contributed by atoms with Gasteiger partial charge >= 0.3 is 0 Å². The minimum absolute atomic E-state index is 0.255. The fourth-order valence-corrected chi connectivity index (χ4v) is 2.08. The highest BCUT2D eigenvalue weighted by molar-refractivity contribution is 5.96. The second-order valence-corrected chi connectivity index (χ2v) is 4.61. The second kappa shape index (κ2) is 6.78. The Bertz CT molecular complexity index is 622. The molecule has 21 heavy (non-hydrogen) atoms. The van der Waals surface area contributed by atoms with Crippen LogP contribution in [0.25, 0.3) is 0 Å². The molecule has 0 aliphatic heterocycles. The van der Waals surface area contributed by atoms with Crippen molar-refractivity contribution in [2.24, 2.45) is 0 Å². The lowest BCUT2D eigenvalue weighted by atomic mass is 10.1. The summed E-state index contributed by atoms with van der Waals surface area (Å²) in [5, 5.41) is 6.97. The van der Waals surface area contributed by atoms with Crippen LogP contribution in [0.1, 0.15) is 23.0 Å². The first-order valence-electron chi connectivity index (χ1n) is 6.88. The largest absolute Gasteiger partial charge is 0.496 e. The molecular weight excluding hydrogens is 268 g/mol. The molecule has 0 radical (unpaired) electrons. The van der Waals surface area contributed by atoms with Gasteiger partial charge in [0.25, 0.3) is 5.91 Å². The lowest BCUT2D eigenvalue weighted by Gasteiger charge is -2.08. The molecule has 6 nitrogen and oxygen atoms in total. The van der Waals surface area contributed by atoms with Crippen LogP contribution in [-0.4, -0.2) is 29.3 Å². The molecule has 0 fully saturated rings. The van der Waals surface area contributed by atoms with Gasteiger partial charge in [-0.25, -0.2) is 0 Å². The van der Waals surface area contributed by atoms with Crippen LogP contribution in [0.5, 0.6) is 5.75 Å². The third kappa shape index (κ3) is 3.53. The first kappa shape index (κ1) is 14.9. The van der Waals surface area contributed by atoms with E-state index in [2.05, 4.69) is 10.4 Å². The van der Waals surface area contributed by atoms with Gasteiger partial charge in [-0.15, -0.1) is 0 Å². The van der Waals surface area contributed by atoms with Crippen molar-refractivity contribution in [3.63, 3.8) is 0 Å². The maximum atomic E-state index is 12.0. The Hall–Kier alpha value is -2.50. The standard InChI is InChI=1S/C15H20N4O2/c1-3-19-10-12(16)14(18-19)15(20)17-9-8-11-6-4-5-7-13(11)21-2/h4-7,10H,3,8-9,16H2,1-2H3,(H,17,20). The molecule has 1 amide bonds. The number of nitrogen functional groups attached to an aromatic ring is 1. The van der Waals surface area contributed by atoms with Crippen LogP contribution in [-0.2, 0) is 13.0 Å². The highest BCUT2D eigenvalue weighted by Crippen LogP contribution is 2.17. The van der Waals surface area contributed by atoms with E-state index in [1.807, 2.05) is 31.2 Å². The normalized spacial score (nSPS) is 10.4. The number of carbonyl (C=O) groups is 1. The SMILES string of the molecule is CCn1cc(N)c(C(=O)NCCc2ccccc2OC)n1. The summed E-state index contributed by atoms with van der Waals surface area (Å²) in [6.07, 6.45) is 2.35. The Morgan fingerprint density at radius 3 is 2.86 bits per heavy atom. The molecule has 0 bridgehead atoms. The van der Waals surface area contributed by atoms with Gasteiger partial charge < -0.3 is 15.8 Å². The van der Waals surface area contributed by atoms with Crippen molar-refractivity contribution in [3.8, 4) is 5.75 Å². The average Bonchev–Trinajstić information content (AvgIpc) is 2.89. The molecule has 1 heterocycles. The van der Waals surface area contributed by atoms with Gasteiger partial charge in [0.15, 0.2) is 5.69 Å². The molecule has 2 aromatic rings. The van der Waals surface area contributed by atoms with Crippen LogP contribution in [0, 0.1) is 0 Å². The number of nitrogens with one attached hydrogen (secondary N) is 1. The van der Waals surface area contributed by atoms with Gasteiger partial charge in [0.05, 0.1) is 12.8 Å². The molecule has 1 aromatic carbocycles. The Kier molecular flexibility index (Phi) is 4.81. The van der Waals surface area contributed by atoms with Crippen molar-refractivity contribution in [1.29, 1.82) is 0 Å². The summed E-state index contributed by atoms with van der Waals surface area (Å²) >= 11 is 0. The monoisotopic (exact) mass is 288 g/mol. The maximum absolute atomic E-state index is 12.0. The number of para-hydroxylation sites is 1. The van der Waals surface area contributed by atoms with E-state index in [0.717, 1.165) is 11.3 Å². The van der Waals surface area contributed by atoms with E-state index in [0.29, 0.717) is 25.2 Å². The predicted octanol–water partition coefficient (Wildman–Crippen LogP) is 1.47. The molecule has 0 atom stereocenters. The van der Waals surface area contributed by atoms with Crippen molar-refractivity contribution >= 4 is 11.6 Å². The molecular formula is C15H20N4O2. The summed E-state index contributed by atoms with van der Waals surface area (Å²) in [7, 11) is 1.63. The Morgan fingerprint density at radius 2 is 2.19 bits per heavy atom. The Labute approximate surface area is 123 Å². The molecule has 0 aliphatic carbocycles. The van der Waals surface area contributed by atoms with Crippen LogP contribution >= 0.6 is 0 Å². The van der Waals surface area contributed by atoms with Crippen LogP contribution in [0.3, 0.4) is 0 Å². The fraction of sp³-hybridized carbons (Fsp3) is 0.333. The van der Waals surface area contributed by atoms with Crippen molar-refractivity contribution < 1.29 is 9.53 Å². The molecule has 0 aliphatic rings. The number of hydrogen-bond acceptors (Lipinski definition) is 4. The number of nitrogens with zero attached hydrogens (tertiary/aromatic N) is 2. The van der Waals surface area contributed by atoms with E-state index in [-0.39, 0.29) is 11.6 Å². The van der Waals surface area contributed by atoms with Gasteiger partial charge in [-0.2, -0.15) is 5.10 Å². The molecule has 3 N–H and O–H groups in total. The van der Waals surface area contributed by atoms with Gasteiger partial charge in [0.1, 0.15) is 5.75 Å². The van der Waals surface area contributed by atoms with Gasteiger partial charge in [0.2, 0.25) is 0 Å². The number of benzene rings is 1. The second-order valence-electron chi connectivity index (χ2n) is 4.61. The minimum atomic E-state index is -0.255. The number of ether oxygens (including phenoxy) is 1. The van der Waals surface area contributed by atoms with E-state index in [1.165, 1.54) is 0 Å². The first-order chi connectivity index (χ1) is 10.2. The van der Waals surface area contributed by atoms with Crippen LogP contribution in [0.2, 0.25) is 0 Å².